The number of carbonyl (C=O) groups excluding carboxylic acids is 3. The normalized spacial score (nSPS) is 12.1. The molecular weight excluding hydrogens is 829 g/mol. The zero-order chi connectivity index (χ0) is 48.6. The Balaban J connectivity index is 4.34. The van der Waals surface area contributed by atoms with Crippen molar-refractivity contribution in [2.24, 2.45) is 0 Å². The van der Waals surface area contributed by atoms with Crippen LogP contribution in [-0.2, 0) is 28.6 Å². The van der Waals surface area contributed by atoms with E-state index in [0.29, 0.717) is 19.3 Å². The van der Waals surface area contributed by atoms with E-state index in [4.69, 9.17) is 14.2 Å². The Morgan fingerprint density at radius 1 is 0.284 bits per heavy atom. The molecule has 1 atom stereocenters. The minimum absolute atomic E-state index is 0.0718. The zero-order valence-electron chi connectivity index (χ0n) is 45.2. The predicted octanol–water partition coefficient (Wildman–Crippen LogP) is 19.9. The van der Waals surface area contributed by atoms with E-state index in [-0.39, 0.29) is 31.1 Å². The van der Waals surface area contributed by atoms with Crippen molar-refractivity contribution in [2.75, 3.05) is 13.2 Å². The first-order chi connectivity index (χ1) is 33.0. The van der Waals surface area contributed by atoms with Crippen LogP contribution in [0.25, 0.3) is 0 Å². The molecule has 0 saturated heterocycles. The fraction of sp³-hybridized carbons (Fsp3) is 0.885. The second-order valence-corrected chi connectivity index (χ2v) is 20.3. The number of hydrogen-bond donors (Lipinski definition) is 0. The van der Waals surface area contributed by atoms with Crippen molar-refractivity contribution < 1.29 is 28.6 Å². The molecule has 0 bridgehead atoms. The van der Waals surface area contributed by atoms with E-state index in [1.165, 1.54) is 225 Å². The number of unbranched alkanes of at least 4 members (excludes halogenated alkanes) is 40. The highest BCUT2D eigenvalue weighted by Gasteiger charge is 2.19. The molecule has 67 heavy (non-hydrogen) atoms. The monoisotopic (exact) mass is 943 g/mol. The molecule has 394 valence electrons. The maximum absolute atomic E-state index is 12.9. The van der Waals surface area contributed by atoms with E-state index in [9.17, 15) is 14.4 Å². The minimum Gasteiger partial charge on any atom is -0.462 e. The van der Waals surface area contributed by atoms with Crippen LogP contribution in [0.3, 0.4) is 0 Å². The van der Waals surface area contributed by atoms with E-state index < -0.39 is 6.10 Å². The molecule has 0 N–H and O–H groups in total. The van der Waals surface area contributed by atoms with Gasteiger partial charge in [0.15, 0.2) is 6.10 Å². The summed E-state index contributed by atoms with van der Waals surface area (Å²) in [6, 6.07) is 0. The predicted molar refractivity (Wildman–Crippen MR) is 289 cm³/mol. The summed E-state index contributed by atoms with van der Waals surface area (Å²) in [6.07, 6.45) is 65.9. The standard InChI is InChI=1S/C61H114O6/c1-4-7-10-13-16-19-22-25-28-30-31-34-36-39-42-45-48-51-54-60(63)66-57-58(56-65-59(62)53-50-47-44-41-38-35-32-27-24-21-18-15-12-9-6-3)67-61(64)55-52-49-46-43-40-37-33-29-26-23-20-17-14-11-8-5-2/h21,24,31,34,58H,4-20,22-23,25-30,32-33,35-57H2,1-3H3/b24-21-,34-31-. The third-order valence-corrected chi connectivity index (χ3v) is 13.4. The molecule has 0 aliphatic carbocycles. The first kappa shape index (κ1) is 64.9. The number of carbonyl (C=O) groups is 3. The summed E-state index contributed by atoms with van der Waals surface area (Å²) in [6.45, 7) is 6.67. The van der Waals surface area contributed by atoms with Gasteiger partial charge in [-0.2, -0.15) is 0 Å². The second-order valence-electron chi connectivity index (χ2n) is 20.3. The highest BCUT2D eigenvalue weighted by atomic mass is 16.6. The zero-order valence-corrected chi connectivity index (χ0v) is 45.2. The summed E-state index contributed by atoms with van der Waals surface area (Å²) < 4.78 is 16.9. The molecule has 6 nitrogen and oxygen atoms in total. The highest BCUT2D eigenvalue weighted by molar-refractivity contribution is 5.71. The van der Waals surface area contributed by atoms with Crippen LogP contribution in [0.5, 0.6) is 0 Å². The molecule has 0 aromatic heterocycles. The van der Waals surface area contributed by atoms with E-state index in [1.807, 2.05) is 0 Å². The molecule has 0 aliphatic rings. The number of ether oxygens (including phenoxy) is 3. The Labute approximate surface area is 417 Å². The number of esters is 3. The van der Waals surface area contributed by atoms with E-state index >= 15 is 0 Å². The average molecular weight is 944 g/mol. The largest absolute Gasteiger partial charge is 0.462 e. The summed E-state index contributed by atoms with van der Waals surface area (Å²) in [5.74, 6) is -0.862. The van der Waals surface area contributed by atoms with Gasteiger partial charge >= 0.3 is 17.9 Å². The van der Waals surface area contributed by atoms with Crippen LogP contribution in [-0.4, -0.2) is 37.2 Å². The van der Waals surface area contributed by atoms with Crippen LogP contribution in [0.4, 0.5) is 0 Å². The molecule has 0 fully saturated rings. The third-order valence-electron chi connectivity index (χ3n) is 13.4. The summed E-state index contributed by atoms with van der Waals surface area (Å²) in [5.41, 5.74) is 0. The fourth-order valence-electron chi connectivity index (χ4n) is 8.91. The lowest BCUT2D eigenvalue weighted by molar-refractivity contribution is -0.167. The van der Waals surface area contributed by atoms with Gasteiger partial charge in [-0.3, -0.25) is 14.4 Å². The van der Waals surface area contributed by atoms with Gasteiger partial charge < -0.3 is 14.2 Å². The van der Waals surface area contributed by atoms with Gasteiger partial charge in [0.1, 0.15) is 13.2 Å². The second kappa shape index (κ2) is 56.5. The van der Waals surface area contributed by atoms with Gasteiger partial charge in [-0.05, 0) is 70.6 Å². The van der Waals surface area contributed by atoms with E-state index in [0.717, 1.165) is 64.2 Å². The Kier molecular flexibility index (Phi) is 54.7. The van der Waals surface area contributed by atoms with Crippen LogP contribution in [0.1, 0.15) is 329 Å². The lowest BCUT2D eigenvalue weighted by atomic mass is 10.0. The van der Waals surface area contributed by atoms with Gasteiger partial charge in [-0.25, -0.2) is 0 Å². The summed E-state index contributed by atoms with van der Waals surface area (Å²) >= 11 is 0. The Hall–Kier alpha value is -2.11. The van der Waals surface area contributed by atoms with Gasteiger partial charge in [0.25, 0.3) is 0 Å². The lowest BCUT2D eigenvalue weighted by Gasteiger charge is -2.18. The van der Waals surface area contributed by atoms with Crippen molar-refractivity contribution >= 4 is 17.9 Å². The molecule has 0 aromatic rings. The topological polar surface area (TPSA) is 78.9 Å². The van der Waals surface area contributed by atoms with Crippen LogP contribution >= 0.6 is 0 Å². The third kappa shape index (κ3) is 54.7. The molecule has 0 heterocycles. The Morgan fingerprint density at radius 3 is 0.761 bits per heavy atom. The van der Waals surface area contributed by atoms with Crippen molar-refractivity contribution in [1.82, 2.24) is 0 Å². The lowest BCUT2D eigenvalue weighted by Crippen LogP contribution is -2.30. The molecule has 0 aromatic carbocycles. The van der Waals surface area contributed by atoms with Crippen LogP contribution in [0.15, 0.2) is 24.3 Å². The number of hydrogen-bond acceptors (Lipinski definition) is 6. The van der Waals surface area contributed by atoms with Gasteiger partial charge in [-0.1, -0.05) is 263 Å². The molecule has 0 aliphatic heterocycles. The molecule has 0 amide bonds. The average Bonchev–Trinajstić information content (AvgIpc) is 3.33. The smallest absolute Gasteiger partial charge is 0.306 e. The SMILES string of the molecule is CCCCCC/C=C\CCCCCCCCCC(=O)OCC(COC(=O)CCCCCCC/C=C\CCCCCCCCCCC)OC(=O)CCCCCCCCCCCCCCCCCC. The molecule has 0 saturated carbocycles. The Bertz CT molecular complexity index is 1080. The number of allylic oxidation sites excluding steroid dienone is 4. The number of rotatable bonds is 55. The van der Waals surface area contributed by atoms with Gasteiger partial charge in [0, 0.05) is 19.3 Å². The highest BCUT2D eigenvalue weighted by Crippen LogP contribution is 2.17. The summed E-state index contributed by atoms with van der Waals surface area (Å²) in [7, 11) is 0. The fourth-order valence-corrected chi connectivity index (χ4v) is 8.91. The molecule has 1 unspecified atom stereocenters. The minimum atomic E-state index is -0.772. The maximum atomic E-state index is 12.9. The molecule has 0 spiro atoms. The molecule has 0 radical (unpaired) electrons. The molecule has 6 heteroatoms. The quantitative estimate of drug-likeness (QED) is 0.0262. The summed E-state index contributed by atoms with van der Waals surface area (Å²) in [5, 5.41) is 0. The van der Waals surface area contributed by atoms with Gasteiger partial charge in [0.05, 0.1) is 0 Å². The van der Waals surface area contributed by atoms with Crippen molar-refractivity contribution in [3.8, 4) is 0 Å². The van der Waals surface area contributed by atoms with Crippen molar-refractivity contribution in [3.05, 3.63) is 24.3 Å². The van der Waals surface area contributed by atoms with Crippen molar-refractivity contribution in [1.29, 1.82) is 0 Å². The van der Waals surface area contributed by atoms with Crippen molar-refractivity contribution in [2.45, 2.75) is 335 Å². The Morgan fingerprint density at radius 2 is 0.493 bits per heavy atom. The first-order valence-electron chi connectivity index (χ1n) is 29.8. The van der Waals surface area contributed by atoms with Gasteiger partial charge in [-0.15, -0.1) is 0 Å². The van der Waals surface area contributed by atoms with Gasteiger partial charge in [0.2, 0.25) is 0 Å². The van der Waals surface area contributed by atoms with Crippen LogP contribution < -0.4 is 0 Å². The first-order valence-corrected chi connectivity index (χ1v) is 29.8. The summed E-state index contributed by atoms with van der Waals surface area (Å²) in [4.78, 5) is 38.2. The van der Waals surface area contributed by atoms with E-state index in [2.05, 4.69) is 45.1 Å². The van der Waals surface area contributed by atoms with Crippen LogP contribution in [0.2, 0.25) is 0 Å². The molecule has 0 rings (SSSR count). The van der Waals surface area contributed by atoms with E-state index in [1.54, 1.807) is 0 Å². The van der Waals surface area contributed by atoms with Crippen molar-refractivity contribution in [3.63, 3.8) is 0 Å². The molecular formula is C61H114O6. The van der Waals surface area contributed by atoms with Crippen LogP contribution in [0, 0.1) is 0 Å². The maximum Gasteiger partial charge on any atom is 0.306 e.